The van der Waals surface area contributed by atoms with Gasteiger partial charge in [0.1, 0.15) is 17.5 Å². The highest BCUT2D eigenvalue weighted by molar-refractivity contribution is 5.36. The first-order chi connectivity index (χ1) is 11.2. The van der Waals surface area contributed by atoms with Crippen LogP contribution in [0.4, 0.5) is 5.82 Å². The summed E-state index contributed by atoms with van der Waals surface area (Å²) in [6.07, 6.45) is 4.75. The molecule has 0 radical (unpaired) electrons. The quantitative estimate of drug-likeness (QED) is 0.760. The van der Waals surface area contributed by atoms with Crippen molar-refractivity contribution in [1.29, 1.82) is 0 Å². The molecule has 0 spiro atoms. The maximum atomic E-state index is 4.45. The summed E-state index contributed by atoms with van der Waals surface area (Å²) in [5.74, 6) is 2.63. The van der Waals surface area contributed by atoms with Crippen molar-refractivity contribution in [3.63, 3.8) is 0 Å². The molecule has 2 aromatic heterocycles. The first-order valence-corrected chi connectivity index (χ1v) is 7.87. The molecular weight excluding hydrogens is 286 g/mol. The summed E-state index contributed by atoms with van der Waals surface area (Å²) < 4.78 is 2.15. The van der Waals surface area contributed by atoms with Crippen molar-refractivity contribution in [2.24, 2.45) is 0 Å². The van der Waals surface area contributed by atoms with Crippen LogP contribution in [0, 0.1) is 6.92 Å². The molecule has 1 aromatic carbocycles. The predicted octanol–water partition coefficient (Wildman–Crippen LogP) is 3.20. The van der Waals surface area contributed by atoms with E-state index in [0.717, 1.165) is 36.1 Å². The van der Waals surface area contributed by atoms with Crippen LogP contribution in [0.3, 0.4) is 0 Å². The van der Waals surface area contributed by atoms with Gasteiger partial charge in [0.15, 0.2) is 0 Å². The SMILES string of the molecule is CCc1cc(NCc2nccn2Cc2ccccc2)nc(C)n1. The molecule has 3 rings (SSSR count). The van der Waals surface area contributed by atoms with E-state index in [2.05, 4.69) is 56.0 Å². The Labute approximate surface area is 136 Å². The molecule has 118 valence electrons. The predicted molar refractivity (Wildman–Crippen MR) is 91.2 cm³/mol. The Hall–Kier alpha value is -2.69. The van der Waals surface area contributed by atoms with Crippen LogP contribution in [-0.4, -0.2) is 19.5 Å². The molecule has 0 bridgehead atoms. The number of hydrogen-bond donors (Lipinski definition) is 1. The molecule has 0 aliphatic rings. The standard InChI is InChI=1S/C18H21N5/c1-3-16-11-17(22-14(2)21-16)20-12-18-19-9-10-23(18)13-15-7-5-4-6-8-15/h4-11H,3,12-13H2,1-2H3,(H,20,21,22). The molecule has 5 nitrogen and oxygen atoms in total. The first-order valence-electron chi connectivity index (χ1n) is 7.87. The zero-order valence-electron chi connectivity index (χ0n) is 13.5. The van der Waals surface area contributed by atoms with Gasteiger partial charge >= 0.3 is 0 Å². The van der Waals surface area contributed by atoms with Crippen LogP contribution in [0.5, 0.6) is 0 Å². The van der Waals surface area contributed by atoms with Crippen LogP contribution in [0.2, 0.25) is 0 Å². The van der Waals surface area contributed by atoms with Crippen molar-refractivity contribution < 1.29 is 0 Å². The van der Waals surface area contributed by atoms with E-state index in [1.165, 1.54) is 5.56 Å². The van der Waals surface area contributed by atoms with Gasteiger partial charge in [-0.05, 0) is 18.9 Å². The lowest BCUT2D eigenvalue weighted by atomic mass is 10.2. The summed E-state index contributed by atoms with van der Waals surface area (Å²) in [5, 5.41) is 3.35. The van der Waals surface area contributed by atoms with Gasteiger partial charge in [-0.2, -0.15) is 0 Å². The third-order valence-electron chi connectivity index (χ3n) is 3.68. The summed E-state index contributed by atoms with van der Waals surface area (Å²) in [6.45, 7) is 5.47. The third-order valence-corrected chi connectivity index (χ3v) is 3.68. The Morgan fingerprint density at radius 2 is 1.96 bits per heavy atom. The Bertz CT molecular complexity index is 764. The fraction of sp³-hybridized carbons (Fsp3) is 0.278. The smallest absolute Gasteiger partial charge is 0.130 e. The Morgan fingerprint density at radius 1 is 1.13 bits per heavy atom. The molecule has 5 heteroatoms. The van der Waals surface area contributed by atoms with Gasteiger partial charge in [0.05, 0.1) is 6.54 Å². The van der Waals surface area contributed by atoms with E-state index in [1.54, 1.807) is 0 Å². The lowest BCUT2D eigenvalue weighted by Gasteiger charge is -2.10. The van der Waals surface area contributed by atoms with E-state index in [0.29, 0.717) is 6.54 Å². The molecule has 0 saturated carbocycles. The van der Waals surface area contributed by atoms with Crippen LogP contribution in [0.25, 0.3) is 0 Å². The van der Waals surface area contributed by atoms with Crippen LogP contribution >= 0.6 is 0 Å². The average Bonchev–Trinajstić information content (AvgIpc) is 3.00. The van der Waals surface area contributed by atoms with Gasteiger partial charge in [0.25, 0.3) is 0 Å². The molecular formula is C18H21N5. The number of imidazole rings is 1. The molecule has 23 heavy (non-hydrogen) atoms. The largest absolute Gasteiger partial charge is 0.363 e. The highest BCUT2D eigenvalue weighted by Gasteiger charge is 2.05. The van der Waals surface area contributed by atoms with Gasteiger partial charge in [-0.25, -0.2) is 15.0 Å². The van der Waals surface area contributed by atoms with Crippen molar-refractivity contribution in [3.8, 4) is 0 Å². The van der Waals surface area contributed by atoms with Gasteiger partial charge in [0.2, 0.25) is 0 Å². The van der Waals surface area contributed by atoms with Crippen molar-refractivity contribution in [1.82, 2.24) is 19.5 Å². The maximum Gasteiger partial charge on any atom is 0.130 e. The molecule has 2 heterocycles. The second kappa shape index (κ2) is 7.05. The Kier molecular flexibility index (Phi) is 4.66. The highest BCUT2D eigenvalue weighted by atomic mass is 15.1. The minimum atomic E-state index is 0.638. The molecule has 0 saturated heterocycles. The summed E-state index contributed by atoms with van der Waals surface area (Å²) in [4.78, 5) is 13.3. The summed E-state index contributed by atoms with van der Waals surface area (Å²) in [5.41, 5.74) is 2.31. The summed E-state index contributed by atoms with van der Waals surface area (Å²) in [6, 6.07) is 12.4. The second-order valence-corrected chi connectivity index (χ2v) is 5.46. The minimum Gasteiger partial charge on any atom is -0.363 e. The van der Waals surface area contributed by atoms with Gasteiger partial charge in [-0.1, -0.05) is 37.3 Å². The van der Waals surface area contributed by atoms with Crippen molar-refractivity contribution >= 4 is 5.82 Å². The third kappa shape index (κ3) is 3.94. The fourth-order valence-corrected chi connectivity index (χ4v) is 2.50. The molecule has 1 N–H and O–H groups in total. The normalized spacial score (nSPS) is 10.7. The second-order valence-electron chi connectivity index (χ2n) is 5.46. The van der Waals surface area contributed by atoms with Crippen LogP contribution in [-0.2, 0) is 19.5 Å². The molecule has 0 fully saturated rings. The van der Waals surface area contributed by atoms with Gasteiger partial charge in [-0.3, -0.25) is 0 Å². The number of hydrogen-bond acceptors (Lipinski definition) is 4. The van der Waals surface area contributed by atoms with Crippen molar-refractivity contribution in [2.45, 2.75) is 33.4 Å². The number of nitrogens with zero attached hydrogens (tertiary/aromatic N) is 4. The van der Waals surface area contributed by atoms with E-state index < -0.39 is 0 Å². The molecule has 0 amide bonds. The average molecular weight is 307 g/mol. The molecule has 3 aromatic rings. The van der Waals surface area contributed by atoms with E-state index in [1.807, 2.05) is 31.5 Å². The van der Waals surface area contributed by atoms with Crippen molar-refractivity contribution in [3.05, 3.63) is 71.7 Å². The van der Waals surface area contributed by atoms with Gasteiger partial charge in [0, 0.05) is 30.7 Å². The van der Waals surface area contributed by atoms with Crippen LogP contribution < -0.4 is 5.32 Å². The zero-order chi connectivity index (χ0) is 16.1. The van der Waals surface area contributed by atoms with E-state index in [4.69, 9.17) is 0 Å². The maximum absolute atomic E-state index is 4.45. The number of rotatable bonds is 6. The number of nitrogens with one attached hydrogen (secondary N) is 1. The van der Waals surface area contributed by atoms with E-state index in [-0.39, 0.29) is 0 Å². The van der Waals surface area contributed by atoms with Gasteiger partial charge < -0.3 is 9.88 Å². The number of aryl methyl sites for hydroxylation is 2. The summed E-state index contributed by atoms with van der Waals surface area (Å²) in [7, 11) is 0. The molecule has 0 aliphatic heterocycles. The topological polar surface area (TPSA) is 55.6 Å². The highest BCUT2D eigenvalue weighted by Crippen LogP contribution is 2.10. The first kappa shape index (κ1) is 15.2. The molecule has 0 atom stereocenters. The van der Waals surface area contributed by atoms with E-state index >= 15 is 0 Å². The lowest BCUT2D eigenvalue weighted by Crippen LogP contribution is -2.11. The molecule has 0 aliphatic carbocycles. The minimum absolute atomic E-state index is 0.638. The number of benzene rings is 1. The monoisotopic (exact) mass is 307 g/mol. The fourth-order valence-electron chi connectivity index (χ4n) is 2.50. The zero-order valence-corrected chi connectivity index (χ0v) is 13.5. The summed E-state index contributed by atoms with van der Waals surface area (Å²) >= 11 is 0. The number of anilines is 1. The van der Waals surface area contributed by atoms with E-state index in [9.17, 15) is 0 Å². The van der Waals surface area contributed by atoms with Crippen LogP contribution in [0.15, 0.2) is 48.8 Å². The van der Waals surface area contributed by atoms with Gasteiger partial charge in [-0.15, -0.1) is 0 Å². The Balaban J connectivity index is 1.70. The molecule has 0 unspecified atom stereocenters. The lowest BCUT2D eigenvalue weighted by molar-refractivity contribution is 0.734. The van der Waals surface area contributed by atoms with Crippen molar-refractivity contribution in [2.75, 3.05) is 5.32 Å². The Morgan fingerprint density at radius 3 is 2.74 bits per heavy atom. The van der Waals surface area contributed by atoms with Crippen LogP contribution in [0.1, 0.15) is 29.8 Å². The number of aromatic nitrogens is 4.